The third-order valence-electron chi connectivity index (χ3n) is 4.21. The quantitative estimate of drug-likeness (QED) is 0.855. The van der Waals surface area contributed by atoms with Gasteiger partial charge in [0.2, 0.25) is 0 Å². The Hall–Kier alpha value is -1.17. The van der Waals surface area contributed by atoms with E-state index < -0.39 is 0 Å². The summed E-state index contributed by atoms with van der Waals surface area (Å²) in [5, 5.41) is 15.8. The van der Waals surface area contributed by atoms with Crippen molar-refractivity contribution in [3.05, 3.63) is 39.3 Å². The van der Waals surface area contributed by atoms with Crippen molar-refractivity contribution in [3.63, 3.8) is 0 Å². The molecule has 5 heteroatoms. The number of aromatic nitrogens is 2. The van der Waals surface area contributed by atoms with Gasteiger partial charge < -0.3 is 5.11 Å². The summed E-state index contributed by atoms with van der Waals surface area (Å²) in [6.07, 6.45) is 2.63. The number of aryl methyl sites for hydroxylation is 1. The first-order valence-corrected chi connectivity index (χ1v) is 8.47. The maximum atomic E-state index is 9.13. The van der Waals surface area contributed by atoms with Crippen molar-refractivity contribution in [3.8, 4) is 0 Å². The van der Waals surface area contributed by atoms with E-state index in [-0.39, 0.29) is 6.61 Å². The molecule has 2 aromatic rings. The summed E-state index contributed by atoms with van der Waals surface area (Å²) in [5.74, 6) is 0. The van der Waals surface area contributed by atoms with E-state index in [0.717, 1.165) is 24.8 Å². The van der Waals surface area contributed by atoms with E-state index in [1.54, 1.807) is 0 Å². The highest BCUT2D eigenvalue weighted by Crippen LogP contribution is 2.31. The average molecular weight is 305 g/mol. The summed E-state index contributed by atoms with van der Waals surface area (Å²) in [5.41, 5.74) is 3.61. The molecular weight excluding hydrogens is 282 g/mol. The number of aliphatic hydroxyl groups excluding tert-OH is 1. The minimum Gasteiger partial charge on any atom is -0.394 e. The second-order valence-corrected chi connectivity index (χ2v) is 6.84. The molecule has 0 aromatic carbocycles. The van der Waals surface area contributed by atoms with Crippen LogP contribution in [-0.4, -0.2) is 32.4 Å². The molecule has 114 valence electrons. The SMILES string of the molecule is Cc1nn(CCO)c(C)c1CN(Cc1cccs1)C1CC1. The number of hydrogen-bond donors (Lipinski definition) is 1. The van der Waals surface area contributed by atoms with Crippen molar-refractivity contribution in [2.75, 3.05) is 6.61 Å². The molecule has 0 unspecified atom stereocenters. The molecule has 3 rings (SSSR count). The van der Waals surface area contributed by atoms with Crippen LogP contribution in [0, 0.1) is 13.8 Å². The number of rotatable bonds is 7. The second kappa shape index (κ2) is 6.30. The summed E-state index contributed by atoms with van der Waals surface area (Å²) >= 11 is 1.83. The van der Waals surface area contributed by atoms with Gasteiger partial charge in [-0.25, -0.2) is 0 Å². The average Bonchev–Trinajstić information content (AvgIpc) is 3.13. The minimum absolute atomic E-state index is 0.142. The zero-order chi connectivity index (χ0) is 14.8. The van der Waals surface area contributed by atoms with Crippen LogP contribution in [0.1, 0.15) is 34.7 Å². The van der Waals surface area contributed by atoms with Gasteiger partial charge in [-0.05, 0) is 38.1 Å². The second-order valence-electron chi connectivity index (χ2n) is 5.81. The van der Waals surface area contributed by atoms with Gasteiger partial charge >= 0.3 is 0 Å². The fraction of sp³-hybridized carbons (Fsp3) is 0.562. The molecule has 0 spiro atoms. The first-order valence-electron chi connectivity index (χ1n) is 7.59. The standard InChI is InChI=1S/C16H23N3OS/c1-12-16(13(2)19(17-12)7-8-20)11-18(14-5-6-14)10-15-4-3-9-21-15/h3-4,9,14,20H,5-8,10-11H2,1-2H3. The molecule has 2 heterocycles. The molecule has 4 nitrogen and oxygen atoms in total. The highest BCUT2D eigenvalue weighted by molar-refractivity contribution is 7.09. The normalized spacial score (nSPS) is 15.0. The first kappa shape index (κ1) is 14.8. The van der Waals surface area contributed by atoms with Gasteiger partial charge in [0, 0.05) is 35.3 Å². The molecule has 0 aliphatic heterocycles. The van der Waals surface area contributed by atoms with Gasteiger partial charge in [-0.2, -0.15) is 5.10 Å². The van der Waals surface area contributed by atoms with E-state index in [9.17, 15) is 0 Å². The van der Waals surface area contributed by atoms with Crippen molar-refractivity contribution in [2.45, 2.75) is 52.4 Å². The smallest absolute Gasteiger partial charge is 0.0644 e. The number of nitrogens with zero attached hydrogens (tertiary/aromatic N) is 3. The molecule has 0 bridgehead atoms. The van der Waals surface area contributed by atoms with E-state index in [2.05, 4.69) is 41.4 Å². The summed E-state index contributed by atoms with van der Waals surface area (Å²) in [6, 6.07) is 5.07. The van der Waals surface area contributed by atoms with Gasteiger partial charge in [0.05, 0.1) is 18.8 Å². The lowest BCUT2D eigenvalue weighted by molar-refractivity contribution is 0.246. The van der Waals surface area contributed by atoms with Crippen molar-refractivity contribution < 1.29 is 5.11 Å². The third-order valence-corrected chi connectivity index (χ3v) is 5.07. The van der Waals surface area contributed by atoms with Crippen molar-refractivity contribution in [1.29, 1.82) is 0 Å². The highest BCUT2D eigenvalue weighted by Gasteiger charge is 2.30. The Kier molecular flexibility index (Phi) is 4.42. The van der Waals surface area contributed by atoms with Gasteiger partial charge in [0.15, 0.2) is 0 Å². The van der Waals surface area contributed by atoms with Crippen LogP contribution >= 0.6 is 11.3 Å². The Morgan fingerprint density at radius 2 is 2.19 bits per heavy atom. The Bertz CT molecular complexity index is 587. The van der Waals surface area contributed by atoms with Crippen molar-refractivity contribution in [2.24, 2.45) is 0 Å². The Morgan fingerprint density at radius 3 is 2.81 bits per heavy atom. The van der Waals surface area contributed by atoms with Crippen LogP contribution in [-0.2, 0) is 19.6 Å². The highest BCUT2D eigenvalue weighted by atomic mass is 32.1. The third kappa shape index (κ3) is 3.36. The lowest BCUT2D eigenvalue weighted by atomic mass is 10.1. The minimum atomic E-state index is 0.142. The largest absolute Gasteiger partial charge is 0.394 e. The summed E-state index contributed by atoms with van der Waals surface area (Å²) < 4.78 is 1.93. The molecule has 0 saturated heterocycles. The van der Waals surface area contributed by atoms with Crippen LogP contribution in [0.5, 0.6) is 0 Å². The van der Waals surface area contributed by atoms with Crippen LogP contribution in [0.15, 0.2) is 17.5 Å². The fourth-order valence-electron chi connectivity index (χ4n) is 2.83. The van der Waals surface area contributed by atoms with Crippen LogP contribution in [0.2, 0.25) is 0 Å². The molecule has 0 atom stereocenters. The summed E-state index contributed by atoms with van der Waals surface area (Å²) in [7, 11) is 0. The molecule has 1 aliphatic carbocycles. The molecule has 0 radical (unpaired) electrons. The maximum Gasteiger partial charge on any atom is 0.0644 e. The lowest BCUT2D eigenvalue weighted by Crippen LogP contribution is -2.25. The zero-order valence-electron chi connectivity index (χ0n) is 12.7. The summed E-state index contributed by atoms with van der Waals surface area (Å²) in [4.78, 5) is 4.01. The monoisotopic (exact) mass is 305 g/mol. The number of thiophene rings is 1. The van der Waals surface area contributed by atoms with E-state index >= 15 is 0 Å². The van der Waals surface area contributed by atoms with Crippen LogP contribution in [0.3, 0.4) is 0 Å². The first-order chi connectivity index (χ1) is 10.2. The Morgan fingerprint density at radius 1 is 1.38 bits per heavy atom. The molecule has 1 aliphatic rings. The Labute approximate surface area is 130 Å². The van der Waals surface area contributed by atoms with Gasteiger partial charge in [-0.1, -0.05) is 6.07 Å². The predicted molar refractivity (Wildman–Crippen MR) is 85.4 cm³/mol. The fourth-order valence-corrected chi connectivity index (χ4v) is 3.56. The molecule has 0 amide bonds. The molecule has 21 heavy (non-hydrogen) atoms. The van der Waals surface area contributed by atoms with Gasteiger partial charge in [-0.3, -0.25) is 9.58 Å². The van der Waals surface area contributed by atoms with Crippen molar-refractivity contribution in [1.82, 2.24) is 14.7 Å². The van der Waals surface area contributed by atoms with Gasteiger partial charge in [0.25, 0.3) is 0 Å². The Balaban J connectivity index is 1.76. The van der Waals surface area contributed by atoms with E-state index in [4.69, 9.17) is 5.11 Å². The predicted octanol–water partition coefficient (Wildman–Crippen LogP) is 2.72. The summed E-state index contributed by atoms with van der Waals surface area (Å²) in [6.45, 7) is 6.91. The van der Waals surface area contributed by atoms with E-state index in [0.29, 0.717) is 6.54 Å². The molecule has 1 fully saturated rings. The van der Waals surface area contributed by atoms with Gasteiger partial charge in [0.1, 0.15) is 0 Å². The van der Waals surface area contributed by atoms with Gasteiger partial charge in [-0.15, -0.1) is 11.3 Å². The topological polar surface area (TPSA) is 41.3 Å². The van der Waals surface area contributed by atoms with Crippen LogP contribution in [0.25, 0.3) is 0 Å². The molecular formula is C16H23N3OS. The number of aliphatic hydroxyl groups is 1. The molecule has 2 aromatic heterocycles. The lowest BCUT2D eigenvalue weighted by Gasteiger charge is -2.21. The molecule has 1 saturated carbocycles. The number of hydrogen-bond acceptors (Lipinski definition) is 4. The maximum absolute atomic E-state index is 9.13. The van der Waals surface area contributed by atoms with E-state index in [1.807, 2.05) is 16.0 Å². The van der Waals surface area contributed by atoms with Crippen LogP contribution < -0.4 is 0 Å². The van der Waals surface area contributed by atoms with E-state index in [1.165, 1.54) is 29.0 Å². The van der Waals surface area contributed by atoms with Crippen LogP contribution in [0.4, 0.5) is 0 Å². The zero-order valence-corrected chi connectivity index (χ0v) is 13.6. The molecule has 1 N–H and O–H groups in total. The van der Waals surface area contributed by atoms with Crippen molar-refractivity contribution >= 4 is 11.3 Å².